The van der Waals surface area contributed by atoms with Crippen LogP contribution in [0, 0.1) is 12.8 Å². The Morgan fingerprint density at radius 3 is 2.29 bits per heavy atom. The number of nitrogens with zero attached hydrogens (tertiary/aromatic N) is 2. The molecule has 2 amide bonds. The van der Waals surface area contributed by atoms with Crippen molar-refractivity contribution in [1.82, 2.24) is 14.7 Å². The van der Waals surface area contributed by atoms with Crippen LogP contribution in [0.2, 0.25) is 0 Å². The second-order valence-electron chi connectivity index (χ2n) is 8.18. The number of benzene rings is 1. The van der Waals surface area contributed by atoms with E-state index >= 15 is 0 Å². The molecular weight excluding hydrogens is 440 g/mol. The number of hydrogen-bond acceptors (Lipinski definition) is 6. The van der Waals surface area contributed by atoms with Crippen LogP contribution in [0.25, 0.3) is 5.69 Å². The van der Waals surface area contributed by atoms with Crippen molar-refractivity contribution in [3.63, 3.8) is 0 Å². The van der Waals surface area contributed by atoms with E-state index in [2.05, 4.69) is 10.6 Å². The van der Waals surface area contributed by atoms with Crippen molar-refractivity contribution >= 4 is 23.5 Å². The van der Waals surface area contributed by atoms with E-state index in [0.29, 0.717) is 11.4 Å². The van der Waals surface area contributed by atoms with Gasteiger partial charge in [-0.15, -0.1) is 0 Å². The zero-order valence-corrected chi connectivity index (χ0v) is 19.7. The number of ether oxygens (including phenoxy) is 1. The van der Waals surface area contributed by atoms with Gasteiger partial charge in [0.25, 0.3) is 17.4 Å². The van der Waals surface area contributed by atoms with Crippen LogP contribution < -0.4 is 16.2 Å². The van der Waals surface area contributed by atoms with Gasteiger partial charge in [0.2, 0.25) is 0 Å². The van der Waals surface area contributed by atoms with Crippen LogP contribution in [0.4, 0.5) is 5.69 Å². The Hall–Kier alpha value is -4.08. The van der Waals surface area contributed by atoms with E-state index in [1.165, 1.54) is 23.9 Å². The number of furan rings is 1. The molecule has 10 heteroatoms. The summed E-state index contributed by atoms with van der Waals surface area (Å²) in [6.07, 6.45) is 0.139. The topological polar surface area (TPSA) is 125 Å². The van der Waals surface area contributed by atoms with Crippen LogP contribution in [-0.4, -0.2) is 39.3 Å². The lowest BCUT2D eigenvalue weighted by Gasteiger charge is -2.22. The van der Waals surface area contributed by atoms with Crippen LogP contribution in [0.15, 0.2) is 57.9 Å². The largest absolute Gasteiger partial charge is 0.459 e. The third-order valence-electron chi connectivity index (χ3n) is 5.42. The fourth-order valence-electron chi connectivity index (χ4n) is 3.36. The number of amides is 2. The van der Waals surface area contributed by atoms with Crippen molar-refractivity contribution in [3.05, 3.63) is 70.5 Å². The first-order chi connectivity index (χ1) is 16.1. The van der Waals surface area contributed by atoms with E-state index < -0.39 is 35.5 Å². The van der Waals surface area contributed by atoms with Crippen molar-refractivity contribution in [3.8, 4) is 5.69 Å². The Balaban J connectivity index is 1.71. The van der Waals surface area contributed by atoms with Gasteiger partial charge in [0.1, 0.15) is 11.7 Å². The summed E-state index contributed by atoms with van der Waals surface area (Å²) in [5.74, 6) is -2.27. The Kier molecular flexibility index (Phi) is 7.40. The van der Waals surface area contributed by atoms with E-state index in [1.54, 1.807) is 62.8 Å². The van der Waals surface area contributed by atoms with Crippen LogP contribution in [0.1, 0.15) is 37.0 Å². The summed E-state index contributed by atoms with van der Waals surface area (Å²) in [6.45, 7) is 6.57. The first-order valence-electron chi connectivity index (χ1n) is 10.8. The highest BCUT2D eigenvalue weighted by atomic mass is 16.5. The molecule has 34 heavy (non-hydrogen) atoms. The molecule has 0 radical (unpaired) electrons. The summed E-state index contributed by atoms with van der Waals surface area (Å²) in [7, 11) is 1.71. The van der Waals surface area contributed by atoms with Crippen molar-refractivity contribution in [1.29, 1.82) is 0 Å². The second-order valence-corrected chi connectivity index (χ2v) is 8.18. The molecule has 2 heterocycles. The van der Waals surface area contributed by atoms with Gasteiger partial charge in [-0.25, -0.2) is 9.48 Å². The normalized spacial score (nSPS) is 12.8. The fraction of sp³-hybridized carbons (Fsp3) is 0.333. The summed E-state index contributed by atoms with van der Waals surface area (Å²) in [5, 5.41) is 5.14. The number of carbonyl (C=O) groups is 3. The highest BCUT2D eigenvalue weighted by Crippen LogP contribution is 2.15. The number of aromatic nitrogens is 2. The molecular formula is C24H28N4O6. The van der Waals surface area contributed by atoms with Gasteiger partial charge in [0.15, 0.2) is 11.9 Å². The first kappa shape index (κ1) is 24.6. The molecule has 0 saturated heterocycles. The number of nitrogens with one attached hydrogen (secondary N) is 2. The Bertz CT molecular complexity index is 1220. The Morgan fingerprint density at radius 2 is 1.71 bits per heavy atom. The van der Waals surface area contributed by atoms with Gasteiger partial charge in [-0.2, -0.15) is 0 Å². The molecule has 0 saturated carbocycles. The third-order valence-corrected chi connectivity index (χ3v) is 5.42. The lowest BCUT2D eigenvalue weighted by molar-refractivity contribution is -0.156. The van der Waals surface area contributed by atoms with Crippen molar-refractivity contribution in [2.75, 3.05) is 5.32 Å². The minimum atomic E-state index is -1.21. The Labute approximate surface area is 196 Å². The molecule has 10 nitrogen and oxygen atoms in total. The maximum absolute atomic E-state index is 13.0. The molecule has 0 fully saturated rings. The summed E-state index contributed by atoms with van der Waals surface area (Å²) >= 11 is 0. The lowest BCUT2D eigenvalue weighted by atomic mass is 10.0. The SMILES string of the molecule is Cc1c(NC(=O)[C@@H](C)OC(=O)[C@@H](NC(=O)c2ccco2)C(C)C)c(=O)n(-c2ccccc2)n1C. The summed E-state index contributed by atoms with van der Waals surface area (Å²) in [5.41, 5.74) is 0.853. The molecule has 0 aliphatic rings. The molecule has 3 aromatic rings. The molecule has 2 aromatic heterocycles. The van der Waals surface area contributed by atoms with E-state index in [9.17, 15) is 19.2 Å². The highest BCUT2D eigenvalue weighted by Gasteiger charge is 2.30. The number of anilines is 1. The van der Waals surface area contributed by atoms with Gasteiger partial charge >= 0.3 is 5.97 Å². The average molecular weight is 469 g/mol. The molecule has 0 aliphatic heterocycles. The minimum absolute atomic E-state index is 0.0542. The fourth-order valence-corrected chi connectivity index (χ4v) is 3.36. The van der Waals surface area contributed by atoms with E-state index in [0.717, 1.165) is 0 Å². The third kappa shape index (κ3) is 5.11. The van der Waals surface area contributed by atoms with Gasteiger partial charge in [-0.05, 0) is 44.0 Å². The number of rotatable bonds is 8. The molecule has 0 bridgehead atoms. The van der Waals surface area contributed by atoms with Crippen molar-refractivity contribution < 1.29 is 23.5 Å². The summed E-state index contributed by atoms with van der Waals surface area (Å²) in [6, 6.07) is 11.0. The maximum Gasteiger partial charge on any atom is 0.329 e. The van der Waals surface area contributed by atoms with Crippen LogP contribution in [-0.2, 0) is 21.4 Å². The van der Waals surface area contributed by atoms with Crippen LogP contribution >= 0.6 is 0 Å². The molecule has 180 valence electrons. The minimum Gasteiger partial charge on any atom is -0.459 e. The predicted molar refractivity (Wildman–Crippen MR) is 125 cm³/mol. The number of esters is 1. The second kappa shape index (κ2) is 10.2. The van der Waals surface area contributed by atoms with E-state index in [1.807, 2.05) is 6.07 Å². The quantitative estimate of drug-likeness (QED) is 0.489. The molecule has 2 N–H and O–H groups in total. The number of para-hydroxylation sites is 1. The molecule has 0 aliphatic carbocycles. The molecule has 0 spiro atoms. The van der Waals surface area contributed by atoms with Gasteiger partial charge < -0.3 is 19.8 Å². The zero-order valence-electron chi connectivity index (χ0n) is 19.7. The first-order valence-corrected chi connectivity index (χ1v) is 10.8. The number of hydrogen-bond donors (Lipinski definition) is 2. The standard InChI is InChI=1S/C24H28N4O6/c1-14(2)19(25-22(30)18-12-9-13-33-18)24(32)34-16(4)21(29)26-20-15(3)27(5)28(23(20)31)17-10-7-6-8-11-17/h6-14,16,19H,1-5H3,(H,25,30)(H,26,29)/t16-,19+/m1/s1. The average Bonchev–Trinajstić information content (AvgIpc) is 3.41. The van der Waals surface area contributed by atoms with Gasteiger partial charge in [-0.3, -0.25) is 19.1 Å². The predicted octanol–water partition coefficient (Wildman–Crippen LogP) is 2.40. The monoisotopic (exact) mass is 468 g/mol. The lowest BCUT2D eigenvalue weighted by Crippen LogP contribution is -2.47. The van der Waals surface area contributed by atoms with Crippen molar-refractivity contribution in [2.45, 2.75) is 39.8 Å². The summed E-state index contributed by atoms with van der Waals surface area (Å²) < 4.78 is 13.4. The Morgan fingerprint density at radius 1 is 1.03 bits per heavy atom. The molecule has 0 unspecified atom stereocenters. The number of carbonyl (C=O) groups excluding carboxylic acids is 3. The highest BCUT2D eigenvalue weighted by molar-refractivity contribution is 5.97. The molecule has 3 rings (SSSR count). The van der Waals surface area contributed by atoms with Gasteiger partial charge in [0, 0.05) is 7.05 Å². The molecule has 2 atom stereocenters. The van der Waals surface area contributed by atoms with Crippen LogP contribution in [0.5, 0.6) is 0 Å². The van der Waals surface area contributed by atoms with Gasteiger partial charge in [0.05, 0.1) is 17.6 Å². The van der Waals surface area contributed by atoms with Crippen molar-refractivity contribution in [2.24, 2.45) is 13.0 Å². The van der Waals surface area contributed by atoms with Crippen LogP contribution in [0.3, 0.4) is 0 Å². The molecule has 1 aromatic carbocycles. The smallest absolute Gasteiger partial charge is 0.329 e. The summed E-state index contributed by atoms with van der Waals surface area (Å²) in [4.78, 5) is 50.7. The van der Waals surface area contributed by atoms with E-state index in [4.69, 9.17) is 9.15 Å². The van der Waals surface area contributed by atoms with E-state index in [-0.39, 0.29) is 17.4 Å². The zero-order chi connectivity index (χ0) is 25.0. The maximum atomic E-state index is 13.0. The van der Waals surface area contributed by atoms with Gasteiger partial charge in [-0.1, -0.05) is 32.0 Å².